The Morgan fingerprint density at radius 2 is 1.95 bits per heavy atom. The highest BCUT2D eigenvalue weighted by Crippen LogP contribution is 2.38. The van der Waals surface area contributed by atoms with Crippen LogP contribution < -0.4 is 4.90 Å². The molecule has 0 bridgehead atoms. The molecule has 100 valence electrons. The Bertz CT molecular complexity index is 734. The van der Waals surface area contributed by atoms with E-state index in [4.69, 9.17) is 0 Å². The third-order valence-electron chi connectivity index (χ3n) is 3.50. The SMILES string of the molecule is Cc1cccc(/C=C2\C(=O)N(C)c3ccc(Br)cc32)c1. The largest absolute Gasteiger partial charge is 0.311 e. The van der Waals surface area contributed by atoms with Crippen LogP contribution in [0.1, 0.15) is 16.7 Å². The zero-order valence-electron chi connectivity index (χ0n) is 11.4. The number of likely N-dealkylation sites (N-methyl/N-ethyl adjacent to an activating group) is 1. The predicted molar refractivity (Wildman–Crippen MR) is 86.6 cm³/mol. The molecule has 3 heteroatoms. The molecule has 0 N–H and O–H groups in total. The Morgan fingerprint density at radius 3 is 2.70 bits per heavy atom. The second kappa shape index (κ2) is 4.91. The van der Waals surface area contributed by atoms with Gasteiger partial charge in [0.1, 0.15) is 0 Å². The van der Waals surface area contributed by atoms with Crippen molar-refractivity contribution >= 4 is 39.2 Å². The van der Waals surface area contributed by atoms with Gasteiger partial charge in [-0.15, -0.1) is 0 Å². The average molecular weight is 328 g/mol. The van der Waals surface area contributed by atoms with Gasteiger partial charge in [-0.2, -0.15) is 0 Å². The van der Waals surface area contributed by atoms with Crippen LogP contribution in [0, 0.1) is 6.92 Å². The summed E-state index contributed by atoms with van der Waals surface area (Å²) in [5.41, 5.74) is 4.92. The summed E-state index contributed by atoms with van der Waals surface area (Å²) in [6.07, 6.45) is 1.96. The van der Waals surface area contributed by atoms with E-state index in [0.29, 0.717) is 0 Å². The third kappa shape index (κ3) is 2.18. The Balaban J connectivity index is 2.15. The second-order valence-corrected chi connectivity index (χ2v) is 5.91. The lowest BCUT2D eigenvalue weighted by Crippen LogP contribution is -2.20. The van der Waals surface area contributed by atoms with Gasteiger partial charge in [-0.05, 0) is 36.8 Å². The van der Waals surface area contributed by atoms with Crippen LogP contribution >= 0.6 is 15.9 Å². The molecule has 1 aliphatic rings. The number of fused-ring (bicyclic) bond motifs is 1. The molecular weight excluding hydrogens is 314 g/mol. The number of hydrogen-bond acceptors (Lipinski definition) is 1. The topological polar surface area (TPSA) is 20.3 Å². The Kier molecular flexibility index (Phi) is 3.22. The van der Waals surface area contributed by atoms with Crippen LogP contribution in [-0.4, -0.2) is 13.0 Å². The van der Waals surface area contributed by atoms with E-state index in [2.05, 4.69) is 35.0 Å². The maximum Gasteiger partial charge on any atom is 0.258 e. The highest BCUT2D eigenvalue weighted by molar-refractivity contribution is 9.10. The van der Waals surface area contributed by atoms with Gasteiger partial charge in [0.2, 0.25) is 0 Å². The van der Waals surface area contributed by atoms with Crippen molar-refractivity contribution in [3.63, 3.8) is 0 Å². The summed E-state index contributed by atoms with van der Waals surface area (Å²) in [5.74, 6) is 0.0413. The van der Waals surface area contributed by atoms with Gasteiger partial charge in [0.15, 0.2) is 0 Å². The maximum absolute atomic E-state index is 12.4. The molecule has 0 unspecified atom stereocenters. The van der Waals surface area contributed by atoms with E-state index in [1.165, 1.54) is 5.56 Å². The molecule has 2 aromatic carbocycles. The van der Waals surface area contributed by atoms with Gasteiger partial charge in [-0.1, -0.05) is 45.8 Å². The molecule has 1 heterocycles. The van der Waals surface area contributed by atoms with Crippen molar-refractivity contribution in [2.75, 3.05) is 11.9 Å². The Labute approximate surface area is 126 Å². The summed E-state index contributed by atoms with van der Waals surface area (Å²) in [6.45, 7) is 2.05. The van der Waals surface area contributed by atoms with Crippen LogP contribution in [-0.2, 0) is 4.79 Å². The van der Waals surface area contributed by atoms with Gasteiger partial charge >= 0.3 is 0 Å². The van der Waals surface area contributed by atoms with Crippen molar-refractivity contribution in [2.45, 2.75) is 6.92 Å². The summed E-state index contributed by atoms with van der Waals surface area (Å²) < 4.78 is 0.981. The van der Waals surface area contributed by atoms with Crippen molar-refractivity contribution in [3.05, 3.63) is 63.6 Å². The molecule has 0 spiro atoms. The van der Waals surface area contributed by atoms with Crippen LogP contribution in [0.3, 0.4) is 0 Å². The molecule has 2 nitrogen and oxygen atoms in total. The lowest BCUT2D eigenvalue weighted by molar-refractivity contribution is -0.112. The highest BCUT2D eigenvalue weighted by atomic mass is 79.9. The van der Waals surface area contributed by atoms with E-state index in [0.717, 1.165) is 26.9 Å². The average Bonchev–Trinajstić information content (AvgIpc) is 2.64. The van der Waals surface area contributed by atoms with E-state index >= 15 is 0 Å². The van der Waals surface area contributed by atoms with Crippen LogP contribution in [0.4, 0.5) is 5.69 Å². The van der Waals surface area contributed by atoms with Gasteiger partial charge in [0.05, 0.1) is 5.69 Å². The first-order valence-electron chi connectivity index (χ1n) is 6.42. The van der Waals surface area contributed by atoms with Crippen molar-refractivity contribution < 1.29 is 4.79 Å². The smallest absolute Gasteiger partial charge is 0.258 e. The van der Waals surface area contributed by atoms with E-state index in [1.807, 2.05) is 43.5 Å². The first-order valence-corrected chi connectivity index (χ1v) is 7.22. The zero-order chi connectivity index (χ0) is 14.3. The van der Waals surface area contributed by atoms with Crippen LogP contribution in [0.15, 0.2) is 46.9 Å². The number of halogens is 1. The third-order valence-corrected chi connectivity index (χ3v) is 3.99. The summed E-state index contributed by atoms with van der Waals surface area (Å²) >= 11 is 3.47. The minimum atomic E-state index is 0.0413. The maximum atomic E-state index is 12.4. The normalized spacial score (nSPS) is 15.8. The number of carbonyl (C=O) groups is 1. The van der Waals surface area contributed by atoms with Crippen LogP contribution in [0.25, 0.3) is 11.6 Å². The number of benzene rings is 2. The lowest BCUT2D eigenvalue weighted by atomic mass is 10.0. The fraction of sp³-hybridized carbons (Fsp3) is 0.118. The van der Waals surface area contributed by atoms with Crippen LogP contribution in [0.5, 0.6) is 0 Å². The van der Waals surface area contributed by atoms with E-state index in [-0.39, 0.29) is 5.91 Å². The number of aryl methyl sites for hydroxylation is 1. The molecule has 0 saturated carbocycles. The zero-order valence-corrected chi connectivity index (χ0v) is 12.9. The summed E-state index contributed by atoms with van der Waals surface area (Å²) in [4.78, 5) is 14.1. The molecule has 0 aliphatic carbocycles. The fourth-order valence-electron chi connectivity index (χ4n) is 2.49. The molecule has 0 radical (unpaired) electrons. The summed E-state index contributed by atoms with van der Waals surface area (Å²) in [5, 5.41) is 0. The molecule has 0 fully saturated rings. The molecule has 1 aliphatic heterocycles. The number of rotatable bonds is 1. The minimum absolute atomic E-state index is 0.0413. The highest BCUT2D eigenvalue weighted by Gasteiger charge is 2.29. The van der Waals surface area contributed by atoms with E-state index in [9.17, 15) is 4.79 Å². The predicted octanol–water partition coefficient (Wildman–Crippen LogP) is 4.27. The second-order valence-electron chi connectivity index (χ2n) is 5.00. The van der Waals surface area contributed by atoms with Crippen LogP contribution in [0.2, 0.25) is 0 Å². The monoisotopic (exact) mass is 327 g/mol. The number of anilines is 1. The van der Waals surface area contributed by atoms with E-state index in [1.54, 1.807) is 4.90 Å². The minimum Gasteiger partial charge on any atom is -0.311 e. The van der Waals surface area contributed by atoms with Gasteiger partial charge in [-0.25, -0.2) is 0 Å². The fourth-order valence-corrected chi connectivity index (χ4v) is 2.85. The number of carbonyl (C=O) groups excluding carboxylic acids is 1. The molecule has 0 aromatic heterocycles. The Hall–Kier alpha value is -1.87. The Morgan fingerprint density at radius 1 is 1.15 bits per heavy atom. The van der Waals surface area contributed by atoms with Crippen molar-refractivity contribution in [3.8, 4) is 0 Å². The summed E-state index contributed by atoms with van der Waals surface area (Å²) in [6, 6.07) is 14.1. The van der Waals surface area contributed by atoms with Crippen molar-refractivity contribution in [2.24, 2.45) is 0 Å². The molecule has 3 rings (SSSR count). The number of amides is 1. The number of hydrogen-bond donors (Lipinski definition) is 0. The van der Waals surface area contributed by atoms with Gasteiger partial charge in [0, 0.05) is 22.7 Å². The van der Waals surface area contributed by atoms with Gasteiger partial charge in [-0.3, -0.25) is 4.79 Å². The number of nitrogens with zero attached hydrogens (tertiary/aromatic N) is 1. The summed E-state index contributed by atoms with van der Waals surface area (Å²) in [7, 11) is 1.81. The standard InChI is InChI=1S/C17H14BrNO/c1-11-4-3-5-12(8-11)9-15-14-10-13(18)6-7-16(14)19(2)17(15)20/h3-10H,1-2H3/b15-9-. The molecule has 0 atom stereocenters. The molecular formula is C17H14BrNO. The van der Waals surface area contributed by atoms with Gasteiger partial charge in [0.25, 0.3) is 5.91 Å². The molecule has 1 amide bonds. The molecule has 2 aromatic rings. The lowest BCUT2D eigenvalue weighted by Gasteiger charge is -2.08. The van der Waals surface area contributed by atoms with Crippen molar-refractivity contribution in [1.82, 2.24) is 0 Å². The molecule has 20 heavy (non-hydrogen) atoms. The van der Waals surface area contributed by atoms with Gasteiger partial charge < -0.3 is 4.90 Å². The quantitative estimate of drug-likeness (QED) is 0.716. The first kappa shape index (κ1) is 13.1. The van der Waals surface area contributed by atoms with Crippen molar-refractivity contribution in [1.29, 1.82) is 0 Å². The van der Waals surface area contributed by atoms with E-state index < -0.39 is 0 Å². The first-order chi connectivity index (χ1) is 9.56. The molecule has 0 saturated heterocycles.